The third-order valence-corrected chi connectivity index (χ3v) is 9.08. The number of hydrogen-bond acceptors (Lipinski definition) is 7. The number of likely N-dealkylation sites (N-methyl/N-ethyl adjacent to an activating group) is 1. The van der Waals surface area contributed by atoms with Gasteiger partial charge in [-0.05, 0) is 55.3 Å². The van der Waals surface area contributed by atoms with Gasteiger partial charge in [-0.1, -0.05) is 50.9 Å². The van der Waals surface area contributed by atoms with Crippen LogP contribution >= 0.6 is 0 Å². The number of hydrogen-bond donors (Lipinski definition) is 2. The summed E-state index contributed by atoms with van der Waals surface area (Å²) in [5, 5.41) is 9.62. The van der Waals surface area contributed by atoms with E-state index in [1.807, 2.05) is 14.0 Å². The molecular weight excluding hydrogens is 565 g/mol. The van der Waals surface area contributed by atoms with Crippen LogP contribution in [0.25, 0.3) is 0 Å². The maximum absolute atomic E-state index is 15.5. The van der Waals surface area contributed by atoms with Crippen LogP contribution in [0.15, 0.2) is 29.0 Å². The maximum atomic E-state index is 15.5. The summed E-state index contributed by atoms with van der Waals surface area (Å²) in [6.45, 7) is 8.40. The molecule has 0 unspecified atom stereocenters. The Kier molecular flexibility index (Phi) is 11.7. The van der Waals surface area contributed by atoms with Crippen LogP contribution in [-0.4, -0.2) is 83.8 Å². The summed E-state index contributed by atoms with van der Waals surface area (Å²) in [4.78, 5) is 56.3. The smallest absolute Gasteiger partial charge is 0.257 e. The first-order valence-electron chi connectivity index (χ1n) is 15.9. The zero-order chi connectivity index (χ0) is 31.8. The molecule has 44 heavy (non-hydrogen) atoms. The van der Waals surface area contributed by atoms with E-state index in [4.69, 9.17) is 4.52 Å². The highest BCUT2D eigenvalue weighted by molar-refractivity contribution is 5.99. The van der Waals surface area contributed by atoms with E-state index in [1.54, 1.807) is 24.0 Å². The average molecular weight is 612 g/mol. The van der Waals surface area contributed by atoms with Crippen molar-refractivity contribution in [3.8, 4) is 0 Å². The van der Waals surface area contributed by atoms with E-state index in [1.165, 1.54) is 12.3 Å². The Balaban J connectivity index is 1.48. The van der Waals surface area contributed by atoms with Crippen LogP contribution in [0.2, 0.25) is 0 Å². The molecule has 0 radical (unpaired) electrons. The summed E-state index contributed by atoms with van der Waals surface area (Å²) in [5.74, 6) is -1.14. The zero-order valence-electron chi connectivity index (χ0n) is 26.4. The number of rotatable bonds is 12. The fraction of sp³-hybridized carbons (Fsp3) is 0.606. The number of halogens is 1. The van der Waals surface area contributed by atoms with Gasteiger partial charge in [-0.2, -0.15) is 0 Å². The summed E-state index contributed by atoms with van der Waals surface area (Å²) >= 11 is 0. The molecule has 1 aromatic carbocycles. The Morgan fingerprint density at radius 3 is 2.39 bits per heavy atom. The summed E-state index contributed by atoms with van der Waals surface area (Å²) in [5.41, 5.74) is 1.60. The predicted octanol–water partition coefficient (Wildman–Crippen LogP) is 3.32. The van der Waals surface area contributed by atoms with Crippen molar-refractivity contribution in [3.05, 3.63) is 52.7 Å². The van der Waals surface area contributed by atoms with Crippen LogP contribution < -0.4 is 10.6 Å². The van der Waals surface area contributed by atoms with Gasteiger partial charge >= 0.3 is 0 Å². The van der Waals surface area contributed by atoms with Crippen LogP contribution in [-0.2, 0) is 33.6 Å². The van der Waals surface area contributed by atoms with Crippen molar-refractivity contribution in [1.82, 2.24) is 25.6 Å². The topological polar surface area (TPSA) is 125 Å². The molecule has 4 rings (SSSR count). The van der Waals surface area contributed by atoms with E-state index in [0.717, 1.165) is 38.8 Å². The Morgan fingerprint density at radius 1 is 1.05 bits per heavy atom. The summed E-state index contributed by atoms with van der Waals surface area (Å²) in [7, 11) is 2.00. The quantitative estimate of drug-likeness (QED) is 0.377. The molecule has 240 valence electrons. The van der Waals surface area contributed by atoms with Crippen LogP contribution in [0.3, 0.4) is 0 Å². The third-order valence-electron chi connectivity index (χ3n) is 9.08. The number of carbonyl (C=O) groups excluding carboxylic acids is 4. The summed E-state index contributed by atoms with van der Waals surface area (Å²) < 4.78 is 20.5. The van der Waals surface area contributed by atoms with Crippen molar-refractivity contribution in [2.75, 3.05) is 33.2 Å². The number of carbonyl (C=O) groups is 4. The molecule has 2 atom stereocenters. The number of benzene rings is 1. The minimum atomic E-state index is -0.809. The number of piperazine rings is 1. The van der Waals surface area contributed by atoms with Gasteiger partial charge in [0.2, 0.25) is 11.8 Å². The Morgan fingerprint density at radius 2 is 1.75 bits per heavy atom. The number of aromatic nitrogens is 1. The second-order valence-electron chi connectivity index (χ2n) is 12.4. The Bertz CT molecular complexity index is 1310. The minimum Gasteiger partial charge on any atom is -0.364 e. The molecule has 10 nitrogen and oxygen atoms in total. The molecule has 2 fully saturated rings. The van der Waals surface area contributed by atoms with Crippen LogP contribution in [0.4, 0.5) is 4.39 Å². The maximum Gasteiger partial charge on any atom is 0.257 e. The van der Waals surface area contributed by atoms with Crippen LogP contribution in [0.5, 0.6) is 0 Å². The van der Waals surface area contributed by atoms with Gasteiger partial charge in [0.25, 0.3) is 5.91 Å². The van der Waals surface area contributed by atoms with Crippen LogP contribution in [0.1, 0.15) is 80.1 Å². The molecule has 1 aromatic heterocycles. The lowest BCUT2D eigenvalue weighted by molar-refractivity contribution is -0.137. The van der Waals surface area contributed by atoms with Crippen molar-refractivity contribution < 1.29 is 28.1 Å². The highest BCUT2D eigenvalue weighted by Gasteiger charge is 2.34. The number of nitrogens with one attached hydrogen (secondary N) is 2. The summed E-state index contributed by atoms with van der Waals surface area (Å²) in [6.07, 6.45) is 5.53. The van der Waals surface area contributed by atoms with Crippen molar-refractivity contribution in [1.29, 1.82) is 0 Å². The van der Waals surface area contributed by atoms with Crippen molar-refractivity contribution in [2.24, 2.45) is 11.8 Å². The van der Waals surface area contributed by atoms with Gasteiger partial charge in [0, 0.05) is 45.4 Å². The Labute approximate surface area is 259 Å². The summed E-state index contributed by atoms with van der Waals surface area (Å²) in [6, 6.07) is 3.04. The van der Waals surface area contributed by atoms with Gasteiger partial charge in [-0.25, -0.2) is 4.39 Å². The van der Waals surface area contributed by atoms with Gasteiger partial charge in [0.1, 0.15) is 23.7 Å². The van der Waals surface area contributed by atoms with Crippen molar-refractivity contribution in [3.63, 3.8) is 0 Å². The molecule has 1 aliphatic carbocycles. The van der Waals surface area contributed by atoms with Gasteiger partial charge in [0.05, 0.1) is 11.7 Å². The molecular formula is C33H46FN5O5. The number of aryl methyl sites for hydroxylation is 1. The molecule has 1 saturated carbocycles. The fourth-order valence-corrected chi connectivity index (χ4v) is 6.14. The van der Waals surface area contributed by atoms with E-state index in [0.29, 0.717) is 42.2 Å². The fourth-order valence-electron chi connectivity index (χ4n) is 6.14. The second-order valence-corrected chi connectivity index (χ2v) is 12.4. The Hall–Kier alpha value is -3.60. The highest BCUT2D eigenvalue weighted by atomic mass is 19.1. The second kappa shape index (κ2) is 15.4. The number of nitrogens with zero attached hydrogens (tertiary/aromatic N) is 3. The number of ketones is 1. The average Bonchev–Trinajstić information content (AvgIpc) is 3.50. The standard InChI is InChI=1S/C33H46FN5O5/c1-5-27-25(20-44-37-27)32(42)36-31(23-10-7-21(3)8-11-23)29(40)19-24-12-9-22(17-26(24)34)18-28(35-30(41)6-2)33(43)39-15-13-38(4)14-16-39/h9,12,17,20-21,23,28,31H,5-8,10-11,13-16,18-19H2,1-4H3,(H,35,41)(H,36,42)/t21?,23?,28-,31+/m1/s1. The predicted molar refractivity (Wildman–Crippen MR) is 163 cm³/mol. The van der Waals surface area contributed by atoms with Gasteiger partial charge in [0.15, 0.2) is 5.78 Å². The van der Waals surface area contributed by atoms with Gasteiger partial charge < -0.3 is 25.0 Å². The number of amides is 3. The first kappa shape index (κ1) is 33.3. The first-order valence-corrected chi connectivity index (χ1v) is 15.9. The lowest BCUT2D eigenvalue weighted by atomic mass is 9.77. The van der Waals surface area contributed by atoms with E-state index in [2.05, 4.69) is 27.6 Å². The zero-order valence-corrected chi connectivity index (χ0v) is 26.4. The van der Waals surface area contributed by atoms with E-state index < -0.39 is 23.8 Å². The van der Waals surface area contributed by atoms with Gasteiger partial charge in [-0.3, -0.25) is 19.2 Å². The molecule has 2 aliphatic rings. The van der Waals surface area contributed by atoms with E-state index in [9.17, 15) is 19.2 Å². The minimum absolute atomic E-state index is 0.0431. The lowest BCUT2D eigenvalue weighted by Gasteiger charge is -2.34. The monoisotopic (exact) mass is 611 g/mol. The molecule has 2 aromatic rings. The molecule has 0 bridgehead atoms. The van der Waals surface area contributed by atoms with E-state index in [-0.39, 0.29) is 48.3 Å². The molecule has 2 heterocycles. The SMILES string of the molecule is CCC(=O)N[C@H](Cc1ccc(CC(=O)[C@@H](NC(=O)c2conc2CC)C2CCC(C)CC2)c(F)c1)C(=O)N1CCN(C)CC1. The highest BCUT2D eigenvalue weighted by Crippen LogP contribution is 2.31. The van der Waals surface area contributed by atoms with Crippen LogP contribution in [0, 0.1) is 17.7 Å². The molecule has 1 aliphatic heterocycles. The molecule has 1 saturated heterocycles. The molecule has 0 spiro atoms. The van der Waals surface area contributed by atoms with Gasteiger partial charge in [-0.15, -0.1) is 0 Å². The molecule has 11 heteroatoms. The van der Waals surface area contributed by atoms with Crippen molar-refractivity contribution >= 4 is 23.5 Å². The normalized spacial score (nSPS) is 20.5. The molecule has 3 amide bonds. The van der Waals surface area contributed by atoms with E-state index >= 15 is 4.39 Å². The first-order chi connectivity index (χ1) is 21.1. The number of Topliss-reactive ketones (excluding diaryl/α,β-unsaturated/α-hetero) is 1. The lowest BCUT2D eigenvalue weighted by Crippen LogP contribution is -2.54. The van der Waals surface area contributed by atoms with Crippen molar-refractivity contribution in [2.45, 2.75) is 84.2 Å². The third kappa shape index (κ3) is 8.52. The largest absolute Gasteiger partial charge is 0.364 e. The molecule has 2 N–H and O–H groups in total.